The predicted molar refractivity (Wildman–Crippen MR) is 51.4 cm³/mol. The average Bonchev–Trinajstić information content (AvgIpc) is 2.61. The van der Waals surface area contributed by atoms with Crippen LogP contribution in [0.4, 0.5) is 0 Å². The highest BCUT2D eigenvalue weighted by Crippen LogP contribution is 1.97. The summed E-state index contributed by atoms with van der Waals surface area (Å²) < 4.78 is 1.10. The molecule has 16 heavy (non-hydrogen) atoms. The van der Waals surface area contributed by atoms with Crippen LogP contribution in [0.15, 0.2) is 12.4 Å². The Balaban J connectivity index is 2.59. The third-order valence-electron chi connectivity index (χ3n) is 1.62. The lowest BCUT2D eigenvalue weighted by atomic mass is 10.3. The van der Waals surface area contributed by atoms with Crippen molar-refractivity contribution in [3.63, 3.8) is 0 Å². The Kier molecular flexibility index (Phi) is 3.59. The summed E-state index contributed by atoms with van der Waals surface area (Å²) >= 11 is 0. The van der Waals surface area contributed by atoms with Gasteiger partial charge in [-0.2, -0.15) is 5.10 Å². The summed E-state index contributed by atoms with van der Waals surface area (Å²) in [6, 6.07) is 0. The summed E-state index contributed by atoms with van der Waals surface area (Å²) in [6.45, 7) is -0.605. The first-order chi connectivity index (χ1) is 7.49. The van der Waals surface area contributed by atoms with Crippen molar-refractivity contribution in [3.8, 4) is 0 Å². The SMILES string of the molecule is NC(=O)CNC(=O)c1cnn(CC(=O)O)c1. The molecule has 4 N–H and O–H groups in total. The lowest BCUT2D eigenvalue weighted by Gasteiger charge is -1.98. The summed E-state index contributed by atoms with van der Waals surface area (Å²) in [4.78, 5) is 32.1. The zero-order valence-corrected chi connectivity index (χ0v) is 8.21. The molecular weight excluding hydrogens is 216 g/mol. The summed E-state index contributed by atoms with van der Waals surface area (Å²) in [5, 5.41) is 14.4. The Bertz CT molecular complexity index is 425. The molecule has 0 saturated heterocycles. The summed E-state index contributed by atoms with van der Waals surface area (Å²) in [5.74, 6) is -2.26. The number of rotatable bonds is 5. The van der Waals surface area contributed by atoms with Gasteiger partial charge in [0.05, 0.1) is 18.3 Å². The summed E-state index contributed by atoms with van der Waals surface area (Å²) in [7, 11) is 0. The van der Waals surface area contributed by atoms with Gasteiger partial charge in [-0.3, -0.25) is 19.1 Å². The zero-order valence-electron chi connectivity index (χ0n) is 8.21. The second-order valence-corrected chi connectivity index (χ2v) is 2.97. The number of hydrogen-bond donors (Lipinski definition) is 3. The van der Waals surface area contributed by atoms with Gasteiger partial charge in [0.15, 0.2) is 0 Å². The number of aliphatic carboxylic acids is 1. The maximum absolute atomic E-state index is 11.3. The fraction of sp³-hybridized carbons (Fsp3) is 0.250. The number of carboxylic acid groups (broad SMARTS) is 1. The molecule has 0 spiro atoms. The Morgan fingerprint density at radius 3 is 2.75 bits per heavy atom. The molecule has 1 rings (SSSR count). The molecule has 0 aliphatic carbocycles. The first-order valence-electron chi connectivity index (χ1n) is 4.30. The second-order valence-electron chi connectivity index (χ2n) is 2.97. The number of carbonyl (C=O) groups is 3. The van der Waals surface area contributed by atoms with Gasteiger partial charge in [0, 0.05) is 6.20 Å². The molecule has 0 saturated carbocycles. The van der Waals surface area contributed by atoms with E-state index in [9.17, 15) is 14.4 Å². The molecule has 2 amide bonds. The number of carbonyl (C=O) groups excluding carboxylic acids is 2. The number of hydrogen-bond acceptors (Lipinski definition) is 4. The molecule has 8 nitrogen and oxygen atoms in total. The van der Waals surface area contributed by atoms with E-state index in [-0.39, 0.29) is 18.7 Å². The number of aromatic nitrogens is 2. The van der Waals surface area contributed by atoms with Gasteiger partial charge in [0.25, 0.3) is 5.91 Å². The lowest BCUT2D eigenvalue weighted by molar-refractivity contribution is -0.137. The van der Waals surface area contributed by atoms with Gasteiger partial charge < -0.3 is 16.2 Å². The number of amides is 2. The van der Waals surface area contributed by atoms with Crippen LogP contribution in [0, 0.1) is 0 Å². The molecule has 0 atom stereocenters. The van der Waals surface area contributed by atoms with Gasteiger partial charge in [-0.05, 0) is 0 Å². The predicted octanol–water partition coefficient (Wildman–Crippen LogP) is -1.82. The van der Waals surface area contributed by atoms with Gasteiger partial charge in [0.2, 0.25) is 5.91 Å². The maximum atomic E-state index is 11.3. The Hall–Kier alpha value is -2.38. The van der Waals surface area contributed by atoms with Crippen LogP contribution in [-0.2, 0) is 16.1 Å². The first kappa shape index (κ1) is 11.7. The van der Waals surface area contributed by atoms with Crippen LogP contribution >= 0.6 is 0 Å². The first-order valence-corrected chi connectivity index (χ1v) is 4.30. The van der Waals surface area contributed by atoms with Crippen molar-refractivity contribution in [1.82, 2.24) is 15.1 Å². The van der Waals surface area contributed by atoms with Crippen LogP contribution in [0.3, 0.4) is 0 Å². The van der Waals surface area contributed by atoms with Crippen LogP contribution in [0.2, 0.25) is 0 Å². The molecule has 0 aliphatic rings. The van der Waals surface area contributed by atoms with E-state index in [1.807, 2.05) is 0 Å². The van der Waals surface area contributed by atoms with Crippen LogP contribution in [0.5, 0.6) is 0 Å². The van der Waals surface area contributed by atoms with Gasteiger partial charge in [-0.1, -0.05) is 0 Å². The second kappa shape index (κ2) is 4.91. The summed E-state index contributed by atoms with van der Waals surface area (Å²) in [5.41, 5.74) is 5.01. The minimum Gasteiger partial charge on any atom is -0.480 e. The highest BCUT2D eigenvalue weighted by molar-refractivity contribution is 5.95. The smallest absolute Gasteiger partial charge is 0.325 e. The van der Waals surface area contributed by atoms with Crippen LogP contribution in [0.25, 0.3) is 0 Å². The van der Waals surface area contributed by atoms with E-state index >= 15 is 0 Å². The van der Waals surface area contributed by atoms with Crippen molar-refractivity contribution in [3.05, 3.63) is 18.0 Å². The Labute approximate surface area is 90.0 Å². The minimum absolute atomic E-state index is 0.169. The Morgan fingerprint density at radius 2 is 2.19 bits per heavy atom. The Morgan fingerprint density at radius 1 is 1.50 bits per heavy atom. The van der Waals surface area contributed by atoms with Crippen LogP contribution in [-0.4, -0.2) is 39.2 Å². The molecule has 0 unspecified atom stereocenters. The third-order valence-corrected chi connectivity index (χ3v) is 1.62. The van der Waals surface area contributed by atoms with Crippen molar-refractivity contribution in [2.24, 2.45) is 5.73 Å². The maximum Gasteiger partial charge on any atom is 0.325 e. The van der Waals surface area contributed by atoms with Gasteiger partial charge in [-0.25, -0.2) is 0 Å². The molecular formula is C8H10N4O4. The molecule has 8 heteroatoms. The molecule has 1 heterocycles. The number of nitrogens with two attached hydrogens (primary N) is 1. The average molecular weight is 226 g/mol. The molecule has 0 bridgehead atoms. The summed E-state index contributed by atoms with van der Waals surface area (Å²) in [6.07, 6.45) is 2.48. The molecule has 1 aromatic heterocycles. The van der Waals surface area contributed by atoms with Crippen molar-refractivity contribution < 1.29 is 19.5 Å². The fourth-order valence-corrected chi connectivity index (χ4v) is 0.975. The molecule has 0 aliphatic heterocycles. The van der Waals surface area contributed by atoms with Crippen molar-refractivity contribution >= 4 is 17.8 Å². The monoisotopic (exact) mass is 226 g/mol. The van der Waals surface area contributed by atoms with E-state index in [2.05, 4.69) is 10.4 Å². The van der Waals surface area contributed by atoms with E-state index in [0.29, 0.717) is 0 Å². The minimum atomic E-state index is -1.06. The van der Waals surface area contributed by atoms with Gasteiger partial charge in [0.1, 0.15) is 6.54 Å². The molecule has 1 aromatic rings. The van der Waals surface area contributed by atoms with Gasteiger partial charge >= 0.3 is 5.97 Å². The molecule has 86 valence electrons. The third kappa shape index (κ3) is 3.40. The fourth-order valence-electron chi connectivity index (χ4n) is 0.975. The van der Waals surface area contributed by atoms with Crippen molar-refractivity contribution in [2.75, 3.05) is 6.54 Å². The van der Waals surface area contributed by atoms with E-state index in [0.717, 1.165) is 4.68 Å². The zero-order chi connectivity index (χ0) is 12.1. The molecule has 0 aromatic carbocycles. The lowest BCUT2D eigenvalue weighted by Crippen LogP contribution is -2.33. The van der Waals surface area contributed by atoms with Crippen LogP contribution < -0.4 is 11.1 Å². The van der Waals surface area contributed by atoms with Gasteiger partial charge in [-0.15, -0.1) is 0 Å². The number of nitrogens with zero attached hydrogens (tertiary/aromatic N) is 2. The highest BCUT2D eigenvalue weighted by Gasteiger charge is 2.10. The van der Waals surface area contributed by atoms with Crippen molar-refractivity contribution in [1.29, 1.82) is 0 Å². The van der Waals surface area contributed by atoms with E-state index in [1.165, 1.54) is 12.4 Å². The normalized spacial score (nSPS) is 9.75. The van der Waals surface area contributed by atoms with Crippen LogP contribution in [0.1, 0.15) is 10.4 Å². The largest absolute Gasteiger partial charge is 0.480 e. The van der Waals surface area contributed by atoms with Crippen molar-refractivity contribution in [2.45, 2.75) is 6.54 Å². The standard InChI is InChI=1S/C8H10N4O4/c9-6(13)2-10-8(16)5-1-11-12(3-5)4-7(14)15/h1,3H,2,4H2,(H2,9,13)(H,10,16)(H,14,15). The topological polar surface area (TPSA) is 127 Å². The molecule has 0 radical (unpaired) electrons. The quantitative estimate of drug-likeness (QED) is 0.544. The van der Waals surface area contributed by atoms with E-state index < -0.39 is 17.8 Å². The molecule has 0 fully saturated rings. The highest BCUT2D eigenvalue weighted by atomic mass is 16.4. The number of carboxylic acids is 1. The number of primary amides is 1. The van der Waals surface area contributed by atoms with E-state index in [1.54, 1.807) is 0 Å². The van der Waals surface area contributed by atoms with E-state index in [4.69, 9.17) is 10.8 Å². The number of nitrogens with one attached hydrogen (secondary N) is 1.